The van der Waals surface area contributed by atoms with Gasteiger partial charge in [0, 0.05) is 17.7 Å². The summed E-state index contributed by atoms with van der Waals surface area (Å²) in [5.41, 5.74) is 5.11. The highest BCUT2D eigenvalue weighted by atomic mass is 35.5. The summed E-state index contributed by atoms with van der Waals surface area (Å²) in [6.45, 7) is 5.76. The summed E-state index contributed by atoms with van der Waals surface area (Å²) in [4.78, 5) is 22.4. The second-order valence-corrected chi connectivity index (χ2v) is 5.64. The van der Waals surface area contributed by atoms with Gasteiger partial charge in [-0.05, 0) is 20.3 Å². The number of nitrogen functional groups attached to an aromatic ring is 1. The lowest BCUT2D eigenvalue weighted by atomic mass is 9.98. The van der Waals surface area contributed by atoms with Crippen LogP contribution in [0.5, 0.6) is 0 Å². The highest BCUT2D eigenvalue weighted by Crippen LogP contribution is 2.29. The van der Waals surface area contributed by atoms with Gasteiger partial charge in [0.15, 0.2) is 0 Å². The van der Waals surface area contributed by atoms with Crippen LogP contribution in [0, 0.1) is 10.1 Å². The van der Waals surface area contributed by atoms with E-state index in [4.69, 9.17) is 17.3 Å². The molecule has 0 aliphatic heterocycles. The summed E-state index contributed by atoms with van der Waals surface area (Å²) in [5.74, 6) is -0.466. The largest absolute Gasteiger partial charge is 0.397 e. The van der Waals surface area contributed by atoms with Crippen molar-refractivity contribution >= 4 is 28.9 Å². The number of hydrogen-bond donors (Lipinski definition) is 2. The molecule has 20 heavy (non-hydrogen) atoms. The number of nitro groups is 1. The van der Waals surface area contributed by atoms with Crippen molar-refractivity contribution in [2.75, 3.05) is 5.73 Å². The molecule has 1 amide bonds. The summed E-state index contributed by atoms with van der Waals surface area (Å²) in [7, 11) is 0. The van der Waals surface area contributed by atoms with Crippen molar-refractivity contribution in [3.63, 3.8) is 0 Å². The molecule has 0 unspecified atom stereocenters. The molecule has 0 bridgehead atoms. The van der Waals surface area contributed by atoms with Gasteiger partial charge in [-0.15, -0.1) is 0 Å². The molecule has 1 aromatic carbocycles. The molecule has 0 fully saturated rings. The maximum Gasteiger partial charge on any atom is 0.271 e. The molecule has 1 rings (SSSR count). The lowest BCUT2D eigenvalue weighted by molar-refractivity contribution is -0.384. The monoisotopic (exact) mass is 299 g/mol. The van der Waals surface area contributed by atoms with Crippen LogP contribution in [0.1, 0.15) is 44.0 Å². The lowest BCUT2D eigenvalue weighted by Crippen LogP contribution is -2.43. The van der Waals surface area contributed by atoms with Crippen LogP contribution >= 0.6 is 11.6 Å². The van der Waals surface area contributed by atoms with Crippen LogP contribution in [0.4, 0.5) is 11.4 Å². The summed E-state index contributed by atoms with van der Waals surface area (Å²) in [5, 5.41) is 13.6. The Balaban J connectivity index is 3.12. The Hall–Kier alpha value is -1.82. The zero-order valence-corrected chi connectivity index (χ0v) is 12.5. The minimum Gasteiger partial charge on any atom is -0.397 e. The van der Waals surface area contributed by atoms with Gasteiger partial charge in [0.05, 0.1) is 21.2 Å². The number of benzene rings is 1. The van der Waals surface area contributed by atoms with Crippen molar-refractivity contribution < 1.29 is 9.72 Å². The molecule has 0 spiro atoms. The zero-order valence-electron chi connectivity index (χ0n) is 11.7. The van der Waals surface area contributed by atoms with Gasteiger partial charge < -0.3 is 11.1 Å². The third-order valence-corrected chi connectivity index (χ3v) is 3.21. The third-order valence-electron chi connectivity index (χ3n) is 2.90. The maximum atomic E-state index is 12.2. The van der Waals surface area contributed by atoms with Gasteiger partial charge >= 0.3 is 0 Å². The quantitative estimate of drug-likeness (QED) is 0.495. The molecule has 110 valence electrons. The fourth-order valence-electron chi connectivity index (χ4n) is 1.96. The number of nitro benzene ring substituents is 1. The Morgan fingerprint density at radius 2 is 2.10 bits per heavy atom. The van der Waals surface area contributed by atoms with E-state index in [1.165, 1.54) is 0 Å². The summed E-state index contributed by atoms with van der Waals surface area (Å²) < 4.78 is 0. The van der Waals surface area contributed by atoms with E-state index in [0.717, 1.165) is 25.0 Å². The van der Waals surface area contributed by atoms with E-state index in [1.54, 1.807) is 0 Å². The highest BCUT2D eigenvalue weighted by molar-refractivity contribution is 6.34. The molecule has 0 radical (unpaired) electrons. The van der Waals surface area contributed by atoms with Crippen molar-refractivity contribution in [2.45, 2.75) is 39.2 Å². The standard InChI is InChI=1S/C13H18ClN3O3/c1-4-5-13(2,3)16-12(18)9-6-8(17(19)20)7-10(14)11(9)15/h6-7H,4-5,15H2,1-3H3,(H,16,18). The number of nitrogens with one attached hydrogen (secondary N) is 1. The number of non-ortho nitro benzene ring substituents is 1. The average molecular weight is 300 g/mol. The minimum absolute atomic E-state index is 0.00218. The number of carbonyl (C=O) groups is 1. The Kier molecular flexibility index (Phi) is 4.94. The van der Waals surface area contributed by atoms with Crippen LogP contribution in [0.15, 0.2) is 12.1 Å². The Labute approximate surface area is 122 Å². The maximum absolute atomic E-state index is 12.2. The summed E-state index contributed by atoms with van der Waals surface area (Å²) >= 11 is 5.83. The van der Waals surface area contributed by atoms with E-state index in [-0.39, 0.29) is 22.0 Å². The fraction of sp³-hybridized carbons (Fsp3) is 0.462. The molecule has 0 aliphatic rings. The van der Waals surface area contributed by atoms with Gasteiger partial charge in [0.25, 0.3) is 11.6 Å². The minimum atomic E-state index is -0.612. The first-order chi connectivity index (χ1) is 9.18. The number of nitrogens with two attached hydrogens (primary N) is 1. The molecule has 0 saturated heterocycles. The van der Waals surface area contributed by atoms with Crippen molar-refractivity contribution in [3.8, 4) is 0 Å². The van der Waals surface area contributed by atoms with Crippen molar-refractivity contribution in [2.24, 2.45) is 0 Å². The average Bonchev–Trinajstić information content (AvgIpc) is 2.31. The SMILES string of the molecule is CCCC(C)(C)NC(=O)c1cc([N+](=O)[O-])cc(Cl)c1N. The van der Waals surface area contributed by atoms with Gasteiger partial charge in [0.2, 0.25) is 0 Å². The number of halogens is 1. The molecule has 0 heterocycles. The van der Waals surface area contributed by atoms with Gasteiger partial charge in [-0.1, -0.05) is 24.9 Å². The fourth-order valence-corrected chi connectivity index (χ4v) is 2.17. The van der Waals surface area contributed by atoms with E-state index in [0.29, 0.717) is 0 Å². The van der Waals surface area contributed by atoms with Crippen molar-refractivity contribution in [3.05, 3.63) is 32.8 Å². The predicted molar refractivity (Wildman–Crippen MR) is 79.0 cm³/mol. The highest BCUT2D eigenvalue weighted by Gasteiger charge is 2.24. The molecule has 0 aliphatic carbocycles. The zero-order chi connectivity index (χ0) is 15.5. The van der Waals surface area contributed by atoms with Crippen LogP contribution in [0.3, 0.4) is 0 Å². The molecule has 3 N–H and O–H groups in total. The second kappa shape index (κ2) is 6.09. The smallest absolute Gasteiger partial charge is 0.271 e. The topological polar surface area (TPSA) is 98.3 Å². The van der Waals surface area contributed by atoms with Gasteiger partial charge in [-0.3, -0.25) is 14.9 Å². The molecule has 7 heteroatoms. The molecule has 6 nitrogen and oxygen atoms in total. The molecular formula is C13H18ClN3O3. The Morgan fingerprint density at radius 1 is 1.50 bits per heavy atom. The third kappa shape index (κ3) is 3.84. The number of anilines is 1. The van der Waals surface area contributed by atoms with E-state index < -0.39 is 16.4 Å². The first-order valence-electron chi connectivity index (χ1n) is 6.24. The number of carbonyl (C=O) groups excluding carboxylic acids is 1. The summed E-state index contributed by atoms with van der Waals surface area (Å²) in [6.07, 6.45) is 1.68. The van der Waals surface area contributed by atoms with Crippen molar-refractivity contribution in [1.82, 2.24) is 5.32 Å². The first-order valence-corrected chi connectivity index (χ1v) is 6.61. The number of hydrogen-bond acceptors (Lipinski definition) is 4. The van der Waals surface area contributed by atoms with Crippen LogP contribution in [-0.2, 0) is 0 Å². The Bertz CT molecular complexity index is 544. The number of rotatable bonds is 5. The number of nitrogens with zero attached hydrogens (tertiary/aromatic N) is 1. The van der Waals surface area contributed by atoms with E-state index in [9.17, 15) is 14.9 Å². The second-order valence-electron chi connectivity index (χ2n) is 5.23. The van der Waals surface area contributed by atoms with Crippen LogP contribution in [-0.4, -0.2) is 16.4 Å². The van der Waals surface area contributed by atoms with E-state index in [1.807, 2.05) is 20.8 Å². The van der Waals surface area contributed by atoms with E-state index >= 15 is 0 Å². The lowest BCUT2D eigenvalue weighted by Gasteiger charge is -2.26. The van der Waals surface area contributed by atoms with Gasteiger partial charge in [-0.2, -0.15) is 0 Å². The molecule has 0 aromatic heterocycles. The van der Waals surface area contributed by atoms with Crippen LogP contribution < -0.4 is 11.1 Å². The molecule has 1 aromatic rings. The van der Waals surface area contributed by atoms with Crippen LogP contribution in [0.2, 0.25) is 5.02 Å². The Morgan fingerprint density at radius 3 is 2.60 bits per heavy atom. The predicted octanol–water partition coefficient (Wildman–Crippen LogP) is 3.14. The molecule has 0 saturated carbocycles. The van der Waals surface area contributed by atoms with Gasteiger partial charge in [0.1, 0.15) is 0 Å². The number of amides is 1. The van der Waals surface area contributed by atoms with E-state index in [2.05, 4.69) is 5.32 Å². The molecule has 0 atom stereocenters. The van der Waals surface area contributed by atoms with Gasteiger partial charge in [-0.25, -0.2) is 0 Å². The summed E-state index contributed by atoms with van der Waals surface area (Å²) in [6, 6.07) is 2.27. The van der Waals surface area contributed by atoms with Crippen molar-refractivity contribution in [1.29, 1.82) is 0 Å². The normalized spacial score (nSPS) is 11.2. The molecular weight excluding hydrogens is 282 g/mol. The first kappa shape index (κ1) is 16.2. The van der Waals surface area contributed by atoms with Crippen LogP contribution in [0.25, 0.3) is 0 Å².